The van der Waals surface area contributed by atoms with Gasteiger partial charge in [-0.05, 0) is 0 Å². The minimum atomic E-state index is 0.494. The molecule has 1 aliphatic rings. The van der Waals surface area contributed by atoms with Gasteiger partial charge in [-0.25, -0.2) is 0 Å². The third-order valence-electron chi connectivity index (χ3n) is 0.994. The predicted octanol–water partition coefficient (Wildman–Crippen LogP) is -5.42. The van der Waals surface area contributed by atoms with Crippen LogP contribution in [0.4, 0.5) is 0 Å². The standard InChI is InChI=1S/C5H11I2N/c1-5-3-6-8(2)7-4-5/h5H,3-4H2,1-2H3/q-2. The van der Waals surface area contributed by atoms with E-state index in [2.05, 4.69) is 15.3 Å². The molecule has 52 valence electrons. The van der Waals surface area contributed by atoms with Gasteiger partial charge in [0.1, 0.15) is 0 Å². The summed E-state index contributed by atoms with van der Waals surface area (Å²) >= 11 is 0.988. The summed E-state index contributed by atoms with van der Waals surface area (Å²) in [4.78, 5) is 0. The van der Waals surface area contributed by atoms with Crippen LogP contribution >= 0.6 is 0 Å². The molecule has 0 atom stereocenters. The molecule has 1 rings (SSSR count). The molecule has 0 spiro atoms. The number of hydrogen-bond donors (Lipinski definition) is 0. The van der Waals surface area contributed by atoms with Crippen molar-refractivity contribution in [1.29, 1.82) is 0 Å². The van der Waals surface area contributed by atoms with Gasteiger partial charge in [0.25, 0.3) is 0 Å². The van der Waals surface area contributed by atoms with Crippen LogP contribution in [0.5, 0.6) is 0 Å². The van der Waals surface area contributed by atoms with Crippen LogP contribution in [0.1, 0.15) is 6.92 Å². The second-order valence-electron chi connectivity index (χ2n) is 2.05. The Balaban J connectivity index is 2.19. The SMILES string of the molecule is CC1C[I-]N(C)[I-]C1. The summed E-state index contributed by atoms with van der Waals surface area (Å²) in [7, 11) is 2.30. The molecule has 1 heterocycles. The van der Waals surface area contributed by atoms with Gasteiger partial charge in [0.2, 0.25) is 0 Å². The maximum absolute atomic E-state index is 2.62. The molecule has 0 radical (unpaired) electrons. The Morgan fingerprint density at radius 2 is 1.88 bits per heavy atom. The van der Waals surface area contributed by atoms with Gasteiger partial charge in [0.15, 0.2) is 0 Å². The Kier molecular flexibility index (Phi) is 3.34. The van der Waals surface area contributed by atoms with Gasteiger partial charge in [0, 0.05) is 0 Å². The molecule has 0 aromatic heterocycles. The summed E-state index contributed by atoms with van der Waals surface area (Å²) in [5, 5.41) is 0. The number of rotatable bonds is 0. The van der Waals surface area contributed by atoms with Gasteiger partial charge in [-0.3, -0.25) is 0 Å². The third-order valence-corrected chi connectivity index (χ3v) is 10.1. The summed E-state index contributed by atoms with van der Waals surface area (Å²) < 4.78 is 5.70. The third kappa shape index (κ3) is 2.34. The predicted molar refractivity (Wildman–Crippen MR) is 26.7 cm³/mol. The average Bonchev–Trinajstić information content (AvgIpc) is 1.77. The molecule has 0 N–H and O–H groups in total. The maximum atomic E-state index is 2.62. The van der Waals surface area contributed by atoms with Crippen LogP contribution in [-0.4, -0.2) is 17.2 Å². The minimum absolute atomic E-state index is 0.494. The van der Waals surface area contributed by atoms with Gasteiger partial charge < -0.3 is 0 Å². The molecule has 0 bridgehead atoms. The molecule has 0 aliphatic carbocycles. The molecule has 0 aromatic carbocycles. The first-order valence-corrected chi connectivity index (χ1v) is 7.69. The molecular formula is C5H11I2N-2. The zero-order chi connectivity index (χ0) is 5.98. The summed E-state index contributed by atoms with van der Waals surface area (Å²) in [6.07, 6.45) is 0. The van der Waals surface area contributed by atoms with Crippen molar-refractivity contribution in [3.63, 3.8) is 0 Å². The van der Waals surface area contributed by atoms with E-state index in [0.29, 0.717) is 43.0 Å². The van der Waals surface area contributed by atoms with E-state index in [1.54, 1.807) is 0 Å². The summed E-state index contributed by atoms with van der Waals surface area (Å²) in [6.45, 7) is 2.40. The van der Waals surface area contributed by atoms with Gasteiger partial charge in [-0.1, -0.05) is 0 Å². The Hall–Kier alpha value is 1.42. The quantitative estimate of drug-likeness (QED) is 0.242. The van der Waals surface area contributed by atoms with Gasteiger partial charge in [-0.15, -0.1) is 0 Å². The molecule has 0 unspecified atom stereocenters. The topological polar surface area (TPSA) is 3.24 Å². The van der Waals surface area contributed by atoms with Crippen LogP contribution in [0.25, 0.3) is 0 Å². The molecular weight excluding hydrogens is 328 g/mol. The van der Waals surface area contributed by atoms with Crippen LogP contribution in [0, 0.1) is 5.92 Å². The molecule has 8 heavy (non-hydrogen) atoms. The Morgan fingerprint density at radius 3 is 2.25 bits per heavy atom. The Labute approximate surface area is 72.4 Å². The fourth-order valence-corrected chi connectivity index (χ4v) is 8.15. The van der Waals surface area contributed by atoms with Crippen molar-refractivity contribution in [2.24, 2.45) is 5.92 Å². The van der Waals surface area contributed by atoms with Crippen molar-refractivity contribution in [3.05, 3.63) is 0 Å². The van der Waals surface area contributed by atoms with Crippen molar-refractivity contribution in [1.82, 2.24) is 1.33 Å². The second-order valence-corrected chi connectivity index (χ2v) is 9.92. The van der Waals surface area contributed by atoms with E-state index >= 15 is 0 Å². The van der Waals surface area contributed by atoms with Gasteiger partial charge >= 0.3 is 73.0 Å². The van der Waals surface area contributed by atoms with E-state index in [-0.39, 0.29) is 0 Å². The van der Waals surface area contributed by atoms with E-state index in [1.807, 2.05) is 0 Å². The average molecular weight is 339 g/mol. The molecule has 0 amide bonds. The molecule has 1 fully saturated rings. The van der Waals surface area contributed by atoms with E-state index < -0.39 is 0 Å². The van der Waals surface area contributed by atoms with Crippen molar-refractivity contribution in [2.75, 3.05) is 15.9 Å². The monoisotopic (exact) mass is 339 g/mol. The second kappa shape index (κ2) is 3.55. The fourth-order valence-electron chi connectivity index (χ4n) is 0.499. The van der Waals surface area contributed by atoms with E-state index in [4.69, 9.17) is 0 Å². The number of nitrogens with zero attached hydrogens (tertiary/aromatic N) is 1. The molecule has 1 nitrogen and oxygen atoms in total. The zero-order valence-corrected chi connectivity index (χ0v) is 9.51. The molecule has 3 heteroatoms. The first kappa shape index (κ1) is 7.53. The van der Waals surface area contributed by atoms with Crippen LogP contribution in [-0.2, 0) is 0 Å². The van der Waals surface area contributed by atoms with Crippen LogP contribution in [0.3, 0.4) is 0 Å². The molecule has 1 aliphatic heterocycles. The van der Waals surface area contributed by atoms with E-state index in [1.165, 1.54) is 8.86 Å². The fraction of sp³-hybridized carbons (Fsp3) is 1.00. The van der Waals surface area contributed by atoms with Crippen LogP contribution < -0.4 is 43.0 Å². The van der Waals surface area contributed by atoms with Gasteiger partial charge in [-0.2, -0.15) is 0 Å². The van der Waals surface area contributed by atoms with Crippen LogP contribution in [0.15, 0.2) is 0 Å². The van der Waals surface area contributed by atoms with Crippen molar-refractivity contribution < 1.29 is 43.0 Å². The number of halogens is 2. The van der Waals surface area contributed by atoms with Crippen molar-refractivity contribution in [3.8, 4) is 0 Å². The summed E-state index contributed by atoms with van der Waals surface area (Å²) in [6, 6.07) is 0. The zero-order valence-electron chi connectivity index (χ0n) is 5.19. The summed E-state index contributed by atoms with van der Waals surface area (Å²) in [5.41, 5.74) is 0. The normalized spacial score (nSPS) is 28.2. The van der Waals surface area contributed by atoms with Gasteiger partial charge in [0.05, 0.1) is 0 Å². The molecule has 1 saturated heterocycles. The first-order chi connectivity index (χ1) is 3.79. The van der Waals surface area contributed by atoms with E-state index in [9.17, 15) is 0 Å². The summed E-state index contributed by atoms with van der Waals surface area (Å²) in [5.74, 6) is 1.08. The van der Waals surface area contributed by atoms with Crippen molar-refractivity contribution in [2.45, 2.75) is 6.92 Å². The Bertz CT molecular complexity index is 58.8. The Morgan fingerprint density at radius 1 is 1.38 bits per heavy atom. The van der Waals surface area contributed by atoms with Crippen molar-refractivity contribution >= 4 is 0 Å². The number of hydrogen-bond acceptors (Lipinski definition) is 1. The van der Waals surface area contributed by atoms with Crippen LogP contribution in [0.2, 0.25) is 0 Å². The molecule has 0 aromatic rings. The molecule has 0 saturated carbocycles. The van der Waals surface area contributed by atoms with E-state index in [0.717, 1.165) is 5.92 Å². The number of alkyl halides is 2. The first-order valence-electron chi connectivity index (χ1n) is 2.71.